The summed E-state index contributed by atoms with van der Waals surface area (Å²) in [7, 11) is 0. The Balaban J connectivity index is 2.13. The van der Waals surface area contributed by atoms with Gasteiger partial charge in [0, 0.05) is 0 Å². The number of aliphatic hydroxyl groups is 1. The number of rotatable bonds is 2. The molecule has 0 atom stereocenters. The first kappa shape index (κ1) is 10.1. The quantitative estimate of drug-likeness (QED) is 0.708. The van der Waals surface area contributed by atoms with Crippen LogP contribution in [0.5, 0.6) is 0 Å². The Morgan fingerprint density at radius 3 is 2.88 bits per heavy atom. The second kappa shape index (κ2) is 3.75. The van der Waals surface area contributed by atoms with E-state index in [0.717, 1.165) is 28.1 Å². The molecule has 0 bridgehead atoms. The first-order valence-electron chi connectivity index (χ1n) is 5.42. The average Bonchev–Trinajstić information content (AvgIpc) is 2.93. The molecule has 0 saturated heterocycles. The monoisotopic (exact) mass is 228 g/mol. The number of aromatic nitrogens is 2. The van der Waals surface area contributed by atoms with Gasteiger partial charge in [0.2, 0.25) is 0 Å². The summed E-state index contributed by atoms with van der Waals surface area (Å²) in [6.07, 6.45) is 0. The molecule has 3 aromatic rings. The van der Waals surface area contributed by atoms with Gasteiger partial charge in [-0.25, -0.2) is 4.98 Å². The van der Waals surface area contributed by atoms with Crippen LogP contribution in [0.2, 0.25) is 0 Å². The van der Waals surface area contributed by atoms with Crippen LogP contribution in [-0.2, 0) is 6.61 Å². The van der Waals surface area contributed by atoms with Gasteiger partial charge in [0.05, 0.1) is 17.6 Å². The minimum absolute atomic E-state index is 0.0258. The molecule has 0 fully saturated rings. The zero-order chi connectivity index (χ0) is 11.8. The van der Waals surface area contributed by atoms with Crippen molar-refractivity contribution in [3.05, 3.63) is 41.7 Å². The lowest BCUT2D eigenvalue weighted by Crippen LogP contribution is -1.81. The predicted molar refractivity (Wildman–Crippen MR) is 64.5 cm³/mol. The van der Waals surface area contributed by atoms with Gasteiger partial charge in [-0.15, -0.1) is 0 Å². The Kier molecular flexibility index (Phi) is 2.23. The lowest BCUT2D eigenvalue weighted by molar-refractivity contribution is 0.282. The maximum absolute atomic E-state index is 9.07. The number of hydrogen-bond acceptors (Lipinski definition) is 3. The van der Waals surface area contributed by atoms with Gasteiger partial charge in [0.1, 0.15) is 5.76 Å². The fourth-order valence-corrected chi connectivity index (χ4v) is 1.83. The molecule has 0 radical (unpaired) electrons. The van der Waals surface area contributed by atoms with Crippen LogP contribution in [0.3, 0.4) is 0 Å². The number of H-pyrrole nitrogens is 1. The number of hydrogen-bond donors (Lipinski definition) is 2. The molecular formula is C13H12N2O2. The van der Waals surface area contributed by atoms with E-state index in [2.05, 4.69) is 9.97 Å². The van der Waals surface area contributed by atoms with Crippen LogP contribution in [0.15, 0.2) is 34.7 Å². The molecule has 0 saturated carbocycles. The maximum atomic E-state index is 9.07. The fourth-order valence-electron chi connectivity index (χ4n) is 1.83. The smallest absolute Gasteiger partial charge is 0.174 e. The minimum Gasteiger partial charge on any atom is -0.458 e. The number of nitrogens with zero attached hydrogens (tertiary/aromatic N) is 1. The van der Waals surface area contributed by atoms with E-state index in [1.165, 1.54) is 0 Å². The van der Waals surface area contributed by atoms with Crippen molar-refractivity contribution in [3.63, 3.8) is 0 Å². The molecule has 0 unspecified atom stereocenters. The molecule has 2 heterocycles. The van der Waals surface area contributed by atoms with E-state index in [1.807, 2.05) is 37.3 Å². The van der Waals surface area contributed by atoms with E-state index < -0.39 is 0 Å². The van der Waals surface area contributed by atoms with Crippen molar-refractivity contribution in [2.75, 3.05) is 0 Å². The fraction of sp³-hybridized carbons (Fsp3) is 0.154. The lowest BCUT2D eigenvalue weighted by Gasteiger charge is -1.93. The van der Waals surface area contributed by atoms with Crippen molar-refractivity contribution in [1.29, 1.82) is 0 Å². The number of aliphatic hydroxyl groups excluding tert-OH is 1. The van der Waals surface area contributed by atoms with Gasteiger partial charge in [0.15, 0.2) is 11.6 Å². The van der Waals surface area contributed by atoms with Crippen molar-refractivity contribution in [1.82, 2.24) is 9.97 Å². The topological polar surface area (TPSA) is 62.1 Å². The Labute approximate surface area is 97.9 Å². The van der Waals surface area contributed by atoms with E-state index in [9.17, 15) is 0 Å². The number of aromatic amines is 1. The number of aryl methyl sites for hydroxylation is 1. The molecule has 0 aliphatic heterocycles. The molecule has 2 aromatic heterocycles. The minimum atomic E-state index is 0.0258. The van der Waals surface area contributed by atoms with E-state index in [4.69, 9.17) is 9.52 Å². The zero-order valence-corrected chi connectivity index (χ0v) is 9.40. The molecule has 4 nitrogen and oxygen atoms in total. The highest BCUT2D eigenvalue weighted by Crippen LogP contribution is 2.22. The van der Waals surface area contributed by atoms with Gasteiger partial charge < -0.3 is 14.5 Å². The summed E-state index contributed by atoms with van der Waals surface area (Å²) in [4.78, 5) is 7.63. The van der Waals surface area contributed by atoms with E-state index in [-0.39, 0.29) is 6.61 Å². The average molecular weight is 228 g/mol. The van der Waals surface area contributed by atoms with Crippen LogP contribution < -0.4 is 0 Å². The van der Waals surface area contributed by atoms with Crippen molar-refractivity contribution in [2.24, 2.45) is 0 Å². The van der Waals surface area contributed by atoms with Crippen LogP contribution in [0.4, 0.5) is 0 Å². The third-order valence-electron chi connectivity index (χ3n) is 2.70. The van der Waals surface area contributed by atoms with E-state index in [1.54, 1.807) is 0 Å². The van der Waals surface area contributed by atoms with Crippen LogP contribution in [0, 0.1) is 6.92 Å². The van der Waals surface area contributed by atoms with Gasteiger partial charge >= 0.3 is 0 Å². The normalized spacial score (nSPS) is 11.2. The Hall–Kier alpha value is -2.07. The molecule has 1 aromatic carbocycles. The highest BCUT2D eigenvalue weighted by atomic mass is 16.3. The van der Waals surface area contributed by atoms with Gasteiger partial charge in [0.25, 0.3) is 0 Å². The summed E-state index contributed by atoms with van der Waals surface area (Å²) >= 11 is 0. The number of furan rings is 1. The molecule has 0 aliphatic rings. The number of nitrogens with one attached hydrogen (secondary N) is 1. The Morgan fingerprint density at radius 2 is 2.18 bits per heavy atom. The maximum Gasteiger partial charge on any atom is 0.174 e. The van der Waals surface area contributed by atoms with Crippen LogP contribution in [0.25, 0.3) is 22.6 Å². The molecule has 86 valence electrons. The standard InChI is InChI=1S/C13H12N2O2/c1-8-2-5-12(17-8)13-14-10-4-3-9(7-16)6-11(10)15-13/h2-6,16H,7H2,1H3,(H,14,15). The number of benzene rings is 1. The van der Waals surface area contributed by atoms with Crippen molar-refractivity contribution in [3.8, 4) is 11.6 Å². The third kappa shape index (κ3) is 1.72. The van der Waals surface area contributed by atoms with Crippen molar-refractivity contribution >= 4 is 11.0 Å². The summed E-state index contributed by atoms with van der Waals surface area (Å²) < 4.78 is 5.51. The summed E-state index contributed by atoms with van der Waals surface area (Å²) in [5, 5.41) is 9.07. The third-order valence-corrected chi connectivity index (χ3v) is 2.70. The van der Waals surface area contributed by atoms with E-state index >= 15 is 0 Å². The second-order valence-corrected chi connectivity index (χ2v) is 4.01. The summed E-state index contributed by atoms with van der Waals surface area (Å²) in [6.45, 7) is 1.92. The molecular weight excluding hydrogens is 216 g/mol. The van der Waals surface area contributed by atoms with Crippen molar-refractivity contribution < 1.29 is 9.52 Å². The van der Waals surface area contributed by atoms with Crippen LogP contribution in [0.1, 0.15) is 11.3 Å². The molecule has 4 heteroatoms. The summed E-state index contributed by atoms with van der Waals surface area (Å²) in [6, 6.07) is 9.44. The molecule has 0 aliphatic carbocycles. The van der Waals surface area contributed by atoms with Crippen molar-refractivity contribution in [2.45, 2.75) is 13.5 Å². The van der Waals surface area contributed by atoms with Gasteiger partial charge in [-0.1, -0.05) is 6.07 Å². The van der Waals surface area contributed by atoms with E-state index in [0.29, 0.717) is 5.82 Å². The number of imidazole rings is 1. The zero-order valence-electron chi connectivity index (χ0n) is 9.40. The summed E-state index contributed by atoms with van der Waals surface area (Å²) in [5.74, 6) is 2.30. The molecule has 0 amide bonds. The predicted octanol–water partition coefficient (Wildman–Crippen LogP) is 2.62. The first-order valence-corrected chi connectivity index (χ1v) is 5.42. The van der Waals surface area contributed by atoms with Gasteiger partial charge in [-0.3, -0.25) is 0 Å². The number of fused-ring (bicyclic) bond motifs is 1. The van der Waals surface area contributed by atoms with Gasteiger partial charge in [-0.05, 0) is 36.8 Å². The summed E-state index contributed by atoms with van der Waals surface area (Å²) in [5.41, 5.74) is 2.62. The highest BCUT2D eigenvalue weighted by Gasteiger charge is 2.08. The second-order valence-electron chi connectivity index (χ2n) is 4.01. The molecule has 17 heavy (non-hydrogen) atoms. The van der Waals surface area contributed by atoms with Crippen LogP contribution in [-0.4, -0.2) is 15.1 Å². The SMILES string of the molecule is Cc1ccc(-c2nc3cc(CO)ccc3[nH]2)o1. The Morgan fingerprint density at radius 1 is 1.29 bits per heavy atom. The lowest BCUT2D eigenvalue weighted by atomic mass is 10.2. The molecule has 3 rings (SSSR count). The first-order chi connectivity index (χ1) is 8.26. The Bertz CT molecular complexity index is 667. The largest absolute Gasteiger partial charge is 0.458 e. The van der Waals surface area contributed by atoms with Gasteiger partial charge in [-0.2, -0.15) is 0 Å². The molecule has 2 N–H and O–H groups in total. The molecule has 0 spiro atoms. The highest BCUT2D eigenvalue weighted by molar-refractivity contribution is 5.79. The van der Waals surface area contributed by atoms with Crippen LogP contribution >= 0.6 is 0 Å².